The molecule has 5 nitrogen and oxygen atoms in total. The number of fused-ring (bicyclic) bond motifs is 1. The number of benzene rings is 1. The number of piperidine rings is 1. The van der Waals surface area contributed by atoms with E-state index >= 15 is 0 Å². The topological polar surface area (TPSA) is 67.1 Å². The quantitative estimate of drug-likeness (QED) is 0.760. The van der Waals surface area contributed by atoms with Crippen molar-refractivity contribution in [3.63, 3.8) is 0 Å². The molecule has 128 valence electrons. The van der Waals surface area contributed by atoms with Crippen LogP contribution in [0.15, 0.2) is 48.8 Å². The highest BCUT2D eigenvalue weighted by Gasteiger charge is 2.12. The van der Waals surface area contributed by atoms with E-state index in [2.05, 4.69) is 38.4 Å². The summed E-state index contributed by atoms with van der Waals surface area (Å²) < 4.78 is 0. The Morgan fingerprint density at radius 2 is 1.88 bits per heavy atom. The highest BCUT2D eigenvalue weighted by atomic mass is 15.1. The monoisotopic (exact) mass is 333 g/mol. The largest absolute Gasteiger partial charge is 0.372 e. The fourth-order valence-corrected chi connectivity index (χ4v) is 3.37. The minimum absolute atomic E-state index is 0.456. The Balaban J connectivity index is 1.67. The van der Waals surface area contributed by atoms with Gasteiger partial charge in [0.2, 0.25) is 0 Å². The van der Waals surface area contributed by atoms with Gasteiger partial charge in [-0.2, -0.15) is 0 Å². The van der Waals surface area contributed by atoms with Crippen LogP contribution in [0.2, 0.25) is 0 Å². The number of nitrogens with two attached hydrogens (primary N) is 1. The highest BCUT2D eigenvalue weighted by molar-refractivity contribution is 5.95. The van der Waals surface area contributed by atoms with Crippen LogP contribution in [-0.4, -0.2) is 23.1 Å². The summed E-state index contributed by atoms with van der Waals surface area (Å²) >= 11 is 0. The molecule has 0 saturated carbocycles. The van der Waals surface area contributed by atoms with Crippen LogP contribution in [0.3, 0.4) is 0 Å². The smallest absolute Gasteiger partial charge is 0.0724 e. The molecule has 0 radical (unpaired) electrons. The summed E-state index contributed by atoms with van der Waals surface area (Å²) in [6.45, 7) is 2.73. The molecule has 0 amide bonds. The number of nitrogens with zero attached hydrogens (tertiary/aromatic N) is 3. The second kappa shape index (κ2) is 7.07. The zero-order valence-electron chi connectivity index (χ0n) is 14.3. The van der Waals surface area contributed by atoms with Crippen molar-refractivity contribution in [1.29, 1.82) is 0 Å². The number of hydrogen-bond acceptors (Lipinski definition) is 5. The summed E-state index contributed by atoms with van der Waals surface area (Å²) in [5.41, 5.74) is 10.8. The van der Waals surface area contributed by atoms with Gasteiger partial charge in [0.1, 0.15) is 0 Å². The summed E-state index contributed by atoms with van der Waals surface area (Å²) in [7, 11) is 0. The molecular formula is C20H23N5. The fraction of sp³-hybridized carbons (Fsp3) is 0.300. The average molecular weight is 333 g/mol. The van der Waals surface area contributed by atoms with Crippen LogP contribution in [0.4, 0.5) is 17.1 Å². The van der Waals surface area contributed by atoms with Crippen LogP contribution in [0.5, 0.6) is 0 Å². The zero-order valence-corrected chi connectivity index (χ0v) is 14.3. The van der Waals surface area contributed by atoms with E-state index in [1.165, 1.54) is 24.9 Å². The number of pyridine rings is 2. The molecule has 1 aliphatic rings. The van der Waals surface area contributed by atoms with E-state index < -0.39 is 0 Å². The first-order valence-corrected chi connectivity index (χ1v) is 8.89. The van der Waals surface area contributed by atoms with Gasteiger partial charge in [-0.25, -0.2) is 0 Å². The highest BCUT2D eigenvalue weighted by Crippen LogP contribution is 2.30. The molecule has 0 spiro atoms. The summed E-state index contributed by atoms with van der Waals surface area (Å²) in [5.74, 6) is 0. The summed E-state index contributed by atoms with van der Waals surface area (Å²) in [5, 5.41) is 4.60. The standard InChI is InChI=1S/C20H23N5/c21-13-15-4-5-16(14-23-15)24-20-8-9-22-19-7-6-17(12-18(19)20)25-10-2-1-3-11-25/h4-9,12,14H,1-3,10-11,13,21H2,(H,22,24). The maximum absolute atomic E-state index is 5.62. The lowest BCUT2D eigenvalue weighted by Crippen LogP contribution is -2.29. The van der Waals surface area contributed by atoms with Crippen LogP contribution in [0.25, 0.3) is 10.9 Å². The number of nitrogens with one attached hydrogen (secondary N) is 1. The van der Waals surface area contributed by atoms with E-state index in [0.29, 0.717) is 6.54 Å². The van der Waals surface area contributed by atoms with Gasteiger partial charge in [-0.15, -0.1) is 0 Å². The first-order chi connectivity index (χ1) is 12.3. The Labute approximate surface area is 147 Å². The van der Waals surface area contributed by atoms with E-state index in [-0.39, 0.29) is 0 Å². The molecule has 0 aliphatic carbocycles. The Bertz CT molecular complexity index is 854. The minimum atomic E-state index is 0.456. The van der Waals surface area contributed by atoms with Gasteiger partial charge in [0, 0.05) is 42.6 Å². The lowest BCUT2D eigenvalue weighted by atomic mass is 10.1. The molecule has 4 rings (SSSR count). The Kier molecular flexibility index (Phi) is 4.48. The Hall–Kier alpha value is -2.66. The molecule has 25 heavy (non-hydrogen) atoms. The number of rotatable bonds is 4. The lowest BCUT2D eigenvalue weighted by Gasteiger charge is -2.29. The normalized spacial score (nSPS) is 14.7. The van der Waals surface area contributed by atoms with Gasteiger partial charge in [-0.1, -0.05) is 0 Å². The number of anilines is 3. The molecule has 3 aromatic rings. The third-order valence-corrected chi connectivity index (χ3v) is 4.76. The maximum atomic E-state index is 5.62. The van der Waals surface area contributed by atoms with Crippen molar-refractivity contribution in [2.45, 2.75) is 25.8 Å². The van der Waals surface area contributed by atoms with Crippen molar-refractivity contribution in [3.8, 4) is 0 Å². The minimum Gasteiger partial charge on any atom is -0.372 e. The molecule has 1 fully saturated rings. The fourth-order valence-electron chi connectivity index (χ4n) is 3.37. The predicted octanol–water partition coefficient (Wildman–Crippen LogP) is 3.82. The Morgan fingerprint density at radius 3 is 2.64 bits per heavy atom. The average Bonchev–Trinajstić information content (AvgIpc) is 2.69. The number of aromatic nitrogens is 2. The van der Waals surface area contributed by atoms with E-state index in [4.69, 9.17) is 5.73 Å². The molecular weight excluding hydrogens is 310 g/mol. The Morgan fingerprint density at radius 1 is 1.00 bits per heavy atom. The second-order valence-electron chi connectivity index (χ2n) is 6.48. The molecule has 3 N–H and O–H groups in total. The third kappa shape index (κ3) is 3.42. The lowest BCUT2D eigenvalue weighted by molar-refractivity contribution is 0.578. The van der Waals surface area contributed by atoms with Crippen LogP contribution in [0.1, 0.15) is 25.0 Å². The van der Waals surface area contributed by atoms with Crippen LogP contribution in [-0.2, 0) is 6.54 Å². The molecule has 1 saturated heterocycles. The van der Waals surface area contributed by atoms with Gasteiger partial charge in [0.05, 0.1) is 23.1 Å². The predicted molar refractivity (Wildman–Crippen MR) is 103 cm³/mol. The van der Waals surface area contributed by atoms with Crippen molar-refractivity contribution >= 4 is 28.0 Å². The van der Waals surface area contributed by atoms with E-state index in [0.717, 1.165) is 41.1 Å². The van der Waals surface area contributed by atoms with E-state index in [9.17, 15) is 0 Å². The van der Waals surface area contributed by atoms with Crippen LogP contribution >= 0.6 is 0 Å². The van der Waals surface area contributed by atoms with Gasteiger partial charge >= 0.3 is 0 Å². The van der Waals surface area contributed by atoms with Crippen molar-refractivity contribution < 1.29 is 0 Å². The van der Waals surface area contributed by atoms with Crippen molar-refractivity contribution in [2.75, 3.05) is 23.3 Å². The maximum Gasteiger partial charge on any atom is 0.0724 e. The van der Waals surface area contributed by atoms with Gasteiger partial charge in [-0.3, -0.25) is 9.97 Å². The first-order valence-electron chi connectivity index (χ1n) is 8.89. The van der Waals surface area contributed by atoms with Crippen molar-refractivity contribution in [2.24, 2.45) is 5.73 Å². The molecule has 2 aromatic heterocycles. The van der Waals surface area contributed by atoms with Crippen LogP contribution < -0.4 is 16.0 Å². The molecule has 3 heterocycles. The molecule has 0 atom stereocenters. The SMILES string of the molecule is NCc1ccc(Nc2ccnc3ccc(N4CCCCC4)cc23)cn1. The summed E-state index contributed by atoms with van der Waals surface area (Å²) in [6.07, 6.45) is 7.55. The molecule has 1 aromatic carbocycles. The summed E-state index contributed by atoms with van der Waals surface area (Å²) in [4.78, 5) is 11.3. The van der Waals surface area contributed by atoms with Gasteiger partial charge in [-0.05, 0) is 55.7 Å². The second-order valence-corrected chi connectivity index (χ2v) is 6.48. The van der Waals surface area contributed by atoms with Gasteiger partial charge in [0.25, 0.3) is 0 Å². The molecule has 1 aliphatic heterocycles. The van der Waals surface area contributed by atoms with E-state index in [1.807, 2.05) is 30.6 Å². The first kappa shape index (κ1) is 15.8. The number of hydrogen-bond donors (Lipinski definition) is 2. The summed E-state index contributed by atoms with van der Waals surface area (Å²) in [6, 6.07) is 12.5. The molecule has 0 unspecified atom stereocenters. The van der Waals surface area contributed by atoms with Crippen molar-refractivity contribution in [3.05, 3.63) is 54.5 Å². The third-order valence-electron chi connectivity index (χ3n) is 4.76. The van der Waals surface area contributed by atoms with Gasteiger partial charge < -0.3 is 16.0 Å². The zero-order chi connectivity index (χ0) is 17.1. The molecule has 5 heteroatoms. The van der Waals surface area contributed by atoms with E-state index in [1.54, 1.807) is 0 Å². The molecule has 0 bridgehead atoms. The van der Waals surface area contributed by atoms with Crippen LogP contribution in [0, 0.1) is 0 Å². The van der Waals surface area contributed by atoms with Gasteiger partial charge in [0.15, 0.2) is 0 Å². The van der Waals surface area contributed by atoms with Crippen molar-refractivity contribution in [1.82, 2.24) is 9.97 Å².